The van der Waals surface area contributed by atoms with E-state index in [1.54, 1.807) is 22.3 Å². The van der Waals surface area contributed by atoms with Crippen LogP contribution in [0, 0.1) is 12.3 Å². The summed E-state index contributed by atoms with van der Waals surface area (Å²) in [5, 5.41) is 10.3. The molecule has 1 aromatic carbocycles. The number of fused-ring (bicyclic) bond motifs is 3. The molecule has 1 N–H and O–H groups in total. The Kier molecular flexibility index (Phi) is 2.15. The molecule has 4 aliphatic carbocycles. The molecule has 4 aliphatic rings. The van der Waals surface area contributed by atoms with Gasteiger partial charge in [0.05, 0.1) is 6.10 Å². The minimum Gasteiger partial charge on any atom is -0.393 e. The quantitative estimate of drug-likeness (QED) is 0.757. The second-order valence-electron chi connectivity index (χ2n) is 7.92. The molecule has 1 heteroatoms. The minimum atomic E-state index is -0.0851. The van der Waals surface area contributed by atoms with Crippen LogP contribution in [0.15, 0.2) is 29.3 Å². The Bertz CT molecular complexity index is 685. The highest BCUT2D eigenvalue weighted by Gasteiger charge is 2.66. The first-order valence-electron chi connectivity index (χ1n) is 8.63. The lowest BCUT2D eigenvalue weighted by Gasteiger charge is -2.66. The average Bonchev–Trinajstić information content (AvgIpc) is 2.78. The summed E-state index contributed by atoms with van der Waals surface area (Å²) in [5.74, 6) is 0.794. The molecular weight excluding hydrogens is 256 g/mol. The van der Waals surface area contributed by atoms with Gasteiger partial charge in [0.1, 0.15) is 0 Å². The van der Waals surface area contributed by atoms with Crippen molar-refractivity contribution in [1.29, 1.82) is 0 Å². The van der Waals surface area contributed by atoms with Gasteiger partial charge in [-0.05, 0) is 67.6 Å². The summed E-state index contributed by atoms with van der Waals surface area (Å²) in [6.07, 6.45) is 7.00. The lowest BCUT2D eigenvalue weighted by molar-refractivity contribution is 0.122. The Balaban J connectivity index is 1.71. The van der Waals surface area contributed by atoms with Gasteiger partial charge in [0.25, 0.3) is 0 Å². The van der Waals surface area contributed by atoms with Gasteiger partial charge in [0.2, 0.25) is 0 Å². The highest BCUT2D eigenvalue weighted by molar-refractivity contribution is 5.68. The summed E-state index contributed by atoms with van der Waals surface area (Å²) in [7, 11) is 0. The van der Waals surface area contributed by atoms with Crippen molar-refractivity contribution in [3.05, 3.63) is 46.0 Å². The molecule has 2 fully saturated rings. The van der Waals surface area contributed by atoms with Crippen LogP contribution < -0.4 is 0 Å². The van der Waals surface area contributed by atoms with Gasteiger partial charge in [0, 0.05) is 11.3 Å². The van der Waals surface area contributed by atoms with Crippen LogP contribution in [0.4, 0.5) is 0 Å². The normalized spacial score (nSPS) is 42.4. The van der Waals surface area contributed by atoms with E-state index in [4.69, 9.17) is 0 Å². The van der Waals surface area contributed by atoms with E-state index in [1.165, 1.54) is 31.2 Å². The maximum Gasteiger partial charge on any atom is 0.0586 e. The third-order valence-corrected chi connectivity index (χ3v) is 7.41. The molecule has 4 atom stereocenters. The summed E-state index contributed by atoms with van der Waals surface area (Å²) in [4.78, 5) is 0. The molecule has 0 bridgehead atoms. The zero-order valence-electron chi connectivity index (χ0n) is 13.1. The van der Waals surface area contributed by atoms with Crippen molar-refractivity contribution < 1.29 is 5.11 Å². The van der Waals surface area contributed by atoms with Gasteiger partial charge in [-0.1, -0.05) is 36.3 Å². The summed E-state index contributed by atoms with van der Waals surface area (Å²) in [6, 6.07) is 6.87. The molecule has 1 spiro atoms. The number of aryl methyl sites for hydroxylation is 1. The summed E-state index contributed by atoms with van der Waals surface area (Å²) < 4.78 is 0. The van der Waals surface area contributed by atoms with Crippen molar-refractivity contribution in [2.24, 2.45) is 5.41 Å². The highest BCUT2D eigenvalue weighted by Crippen LogP contribution is 2.75. The van der Waals surface area contributed by atoms with E-state index in [9.17, 15) is 5.11 Å². The van der Waals surface area contributed by atoms with Gasteiger partial charge >= 0.3 is 0 Å². The molecule has 1 aromatic rings. The minimum absolute atomic E-state index is 0.0851. The Morgan fingerprint density at radius 3 is 2.86 bits per heavy atom. The number of aliphatic hydroxyl groups is 1. The molecule has 21 heavy (non-hydrogen) atoms. The fourth-order valence-corrected chi connectivity index (χ4v) is 6.46. The number of aliphatic hydroxyl groups excluding tert-OH is 1. The first-order valence-corrected chi connectivity index (χ1v) is 8.63. The molecular formula is C20H24O. The lowest BCUT2D eigenvalue weighted by Crippen LogP contribution is -2.57. The van der Waals surface area contributed by atoms with Crippen LogP contribution in [0.2, 0.25) is 0 Å². The third-order valence-electron chi connectivity index (χ3n) is 7.41. The topological polar surface area (TPSA) is 20.2 Å². The van der Waals surface area contributed by atoms with Crippen molar-refractivity contribution in [2.45, 2.75) is 69.8 Å². The van der Waals surface area contributed by atoms with Gasteiger partial charge in [-0.25, -0.2) is 0 Å². The van der Waals surface area contributed by atoms with Crippen LogP contribution in [-0.4, -0.2) is 11.2 Å². The molecule has 2 saturated carbocycles. The Labute approximate surface area is 127 Å². The summed E-state index contributed by atoms with van der Waals surface area (Å²) >= 11 is 0. The molecule has 0 radical (unpaired) electrons. The van der Waals surface area contributed by atoms with Crippen molar-refractivity contribution >= 4 is 0 Å². The predicted molar refractivity (Wildman–Crippen MR) is 84.4 cm³/mol. The number of rotatable bonds is 1. The molecule has 110 valence electrons. The van der Waals surface area contributed by atoms with Gasteiger partial charge in [-0.15, -0.1) is 0 Å². The van der Waals surface area contributed by atoms with E-state index in [0.29, 0.717) is 10.8 Å². The van der Waals surface area contributed by atoms with Crippen LogP contribution >= 0.6 is 0 Å². The fraction of sp³-hybridized carbons (Fsp3) is 0.600. The van der Waals surface area contributed by atoms with Crippen molar-refractivity contribution in [3.63, 3.8) is 0 Å². The second-order valence-corrected chi connectivity index (χ2v) is 7.92. The maximum absolute atomic E-state index is 10.3. The van der Waals surface area contributed by atoms with Gasteiger partial charge in [-0.3, -0.25) is 0 Å². The Morgan fingerprint density at radius 1 is 1.19 bits per heavy atom. The van der Waals surface area contributed by atoms with E-state index in [1.807, 2.05) is 0 Å². The second kappa shape index (κ2) is 3.63. The molecule has 1 unspecified atom stereocenters. The zero-order chi connectivity index (χ0) is 14.4. The smallest absolute Gasteiger partial charge is 0.0586 e. The van der Waals surface area contributed by atoms with E-state index >= 15 is 0 Å². The Hall–Kier alpha value is -1.08. The third kappa shape index (κ3) is 1.17. The number of hydrogen-bond donors (Lipinski definition) is 1. The van der Waals surface area contributed by atoms with E-state index in [0.717, 1.165) is 18.8 Å². The van der Waals surface area contributed by atoms with Crippen molar-refractivity contribution in [2.75, 3.05) is 0 Å². The van der Waals surface area contributed by atoms with Crippen LogP contribution in [0.1, 0.15) is 68.1 Å². The molecule has 0 amide bonds. The summed E-state index contributed by atoms with van der Waals surface area (Å²) in [5.41, 5.74) is 8.95. The fourth-order valence-electron chi connectivity index (χ4n) is 6.46. The molecule has 0 aliphatic heterocycles. The molecule has 0 aromatic heterocycles. The Morgan fingerprint density at radius 2 is 2.05 bits per heavy atom. The van der Waals surface area contributed by atoms with Crippen molar-refractivity contribution in [3.8, 4) is 0 Å². The van der Waals surface area contributed by atoms with Gasteiger partial charge in [-0.2, -0.15) is 0 Å². The summed E-state index contributed by atoms with van der Waals surface area (Å²) in [6.45, 7) is 4.61. The SMILES string of the molecule is CC[C@@]12CC[C@]34C(=C1C[C@H](O)C2)CC3c1cccc(C)c14. The maximum atomic E-state index is 10.3. The van der Waals surface area contributed by atoms with Gasteiger partial charge < -0.3 is 5.11 Å². The predicted octanol–water partition coefficient (Wildman–Crippen LogP) is 4.38. The number of benzene rings is 1. The standard InChI is InChI=1S/C20H24O/c1-3-19-7-8-20-15(14-6-4-5-12(2)18(14)20)10-17(20)16(19)9-13(21)11-19/h4-6,13,15,21H,3,7-11H2,1-2H3/t13-,15?,19-,20+/m0/s1. The van der Waals surface area contributed by atoms with Gasteiger partial charge in [0.15, 0.2) is 0 Å². The molecule has 5 rings (SSSR count). The van der Waals surface area contributed by atoms with Crippen LogP contribution in [0.25, 0.3) is 0 Å². The van der Waals surface area contributed by atoms with Crippen molar-refractivity contribution in [1.82, 2.24) is 0 Å². The zero-order valence-corrected chi connectivity index (χ0v) is 13.1. The van der Waals surface area contributed by atoms with Crippen LogP contribution in [-0.2, 0) is 5.41 Å². The number of allylic oxidation sites excluding steroid dienone is 1. The first-order chi connectivity index (χ1) is 10.1. The average molecular weight is 280 g/mol. The monoisotopic (exact) mass is 280 g/mol. The van der Waals surface area contributed by atoms with Crippen LogP contribution in [0.3, 0.4) is 0 Å². The highest BCUT2D eigenvalue weighted by atomic mass is 16.3. The molecule has 0 heterocycles. The van der Waals surface area contributed by atoms with E-state index in [2.05, 4.69) is 32.0 Å². The van der Waals surface area contributed by atoms with Crippen LogP contribution in [0.5, 0.6) is 0 Å². The molecule has 1 nitrogen and oxygen atoms in total. The first kappa shape index (κ1) is 12.5. The van der Waals surface area contributed by atoms with E-state index < -0.39 is 0 Å². The largest absolute Gasteiger partial charge is 0.393 e. The molecule has 0 saturated heterocycles. The number of hydrogen-bond acceptors (Lipinski definition) is 1. The lowest BCUT2D eigenvalue weighted by atomic mass is 9.37. The van der Waals surface area contributed by atoms with E-state index in [-0.39, 0.29) is 6.10 Å².